The number of amides is 2. The van der Waals surface area contributed by atoms with Crippen molar-refractivity contribution in [1.82, 2.24) is 19.6 Å². The molecule has 1 aromatic carbocycles. The molecule has 3 aromatic rings. The van der Waals surface area contributed by atoms with E-state index in [1.54, 1.807) is 14.0 Å². The second-order valence-corrected chi connectivity index (χ2v) is 8.27. The van der Waals surface area contributed by atoms with Crippen LogP contribution in [0.4, 0.5) is 0 Å². The minimum absolute atomic E-state index is 0.0919. The number of nitrogens with one attached hydrogen (secondary N) is 1. The average Bonchev–Trinajstić information content (AvgIpc) is 3.32. The van der Waals surface area contributed by atoms with Crippen LogP contribution in [0.25, 0.3) is 16.9 Å². The molecule has 0 aliphatic carbocycles. The number of pyridine rings is 1. The zero-order valence-corrected chi connectivity index (χ0v) is 18.0. The van der Waals surface area contributed by atoms with E-state index in [-0.39, 0.29) is 11.8 Å². The molecule has 0 saturated carbocycles. The maximum absolute atomic E-state index is 12.0. The predicted molar refractivity (Wildman–Crippen MR) is 118 cm³/mol. The molecular weight excluding hydrogens is 376 g/mol. The van der Waals surface area contributed by atoms with Crippen LogP contribution in [-0.2, 0) is 11.2 Å². The number of aromatic nitrogens is 2. The minimum atomic E-state index is -0.0919. The van der Waals surface area contributed by atoms with Gasteiger partial charge in [-0.15, -0.1) is 0 Å². The number of fused-ring (bicyclic) bond motifs is 1. The Morgan fingerprint density at radius 3 is 2.67 bits per heavy atom. The average molecular weight is 405 g/mol. The molecule has 2 aromatic heterocycles. The summed E-state index contributed by atoms with van der Waals surface area (Å²) in [7, 11) is 1.64. The third kappa shape index (κ3) is 3.70. The zero-order chi connectivity index (χ0) is 21.4. The summed E-state index contributed by atoms with van der Waals surface area (Å²) in [5.74, 6) is 0.470. The van der Waals surface area contributed by atoms with E-state index in [1.165, 1.54) is 5.56 Å². The van der Waals surface area contributed by atoms with Crippen LogP contribution in [0.15, 0.2) is 36.5 Å². The minimum Gasteiger partial charge on any atom is -0.355 e. The van der Waals surface area contributed by atoms with Crippen molar-refractivity contribution < 1.29 is 9.59 Å². The number of aryl methyl sites for hydroxylation is 2. The van der Waals surface area contributed by atoms with Gasteiger partial charge in [0, 0.05) is 44.4 Å². The van der Waals surface area contributed by atoms with Crippen LogP contribution < -0.4 is 5.32 Å². The number of imidazole rings is 1. The molecule has 1 aliphatic rings. The van der Waals surface area contributed by atoms with Crippen molar-refractivity contribution in [2.45, 2.75) is 33.6 Å². The second-order valence-electron chi connectivity index (χ2n) is 8.27. The Balaban J connectivity index is 1.77. The third-order valence-corrected chi connectivity index (χ3v) is 6.06. The van der Waals surface area contributed by atoms with Gasteiger partial charge in [0.2, 0.25) is 5.91 Å². The lowest BCUT2D eigenvalue weighted by molar-refractivity contribution is -0.127. The van der Waals surface area contributed by atoms with Gasteiger partial charge in [-0.2, -0.15) is 0 Å². The molecule has 1 unspecified atom stereocenters. The molecule has 1 atom stereocenters. The molecule has 1 N–H and O–H groups in total. The molecule has 6 heteroatoms. The number of likely N-dealkylation sites (tertiary alicyclic amines) is 1. The van der Waals surface area contributed by atoms with Gasteiger partial charge in [0.05, 0.1) is 11.4 Å². The molecule has 0 radical (unpaired) electrons. The number of rotatable bonds is 4. The molecule has 3 heterocycles. The molecule has 4 rings (SSSR count). The Labute approximate surface area is 176 Å². The summed E-state index contributed by atoms with van der Waals surface area (Å²) >= 11 is 0. The Morgan fingerprint density at radius 2 is 2.00 bits per heavy atom. The number of benzene rings is 1. The zero-order valence-electron chi connectivity index (χ0n) is 18.0. The van der Waals surface area contributed by atoms with E-state index in [2.05, 4.69) is 35.0 Å². The molecule has 2 amide bonds. The maximum Gasteiger partial charge on any atom is 0.251 e. The molecule has 0 spiro atoms. The molecule has 30 heavy (non-hydrogen) atoms. The van der Waals surface area contributed by atoms with Gasteiger partial charge in [0.1, 0.15) is 5.65 Å². The first-order chi connectivity index (χ1) is 14.4. The highest BCUT2D eigenvalue weighted by Gasteiger charge is 2.27. The number of carbonyl (C=O) groups is 2. The van der Waals surface area contributed by atoms with Gasteiger partial charge < -0.3 is 14.6 Å². The van der Waals surface area contributed by atoms with Gasteiger partial charge in [-0.05, 0) is 68.0 Å². The summed E-state index contributed by atoms with van der Waals surface area (Å²) in [5.41, 5.74) is 6.93. The van der Waals surface area contributed by atoms with Crippen LogP contribution in [0.2, 0.25) is 0 Å². The molecule has 6 nitrogen and oxygen atoms in total. The van der Waals surface area contributed by atoms with Crippen molar-refractivity contribution in [2.24, 2.45) is 5.92 Å². The van der Waals surface area contributed by atoms with Crippen molar-refractivity contribution in [1.29, 1.82) is 0 Å². The highest BCUT2D eigenvalue weighted by atomic mass is 16.2. The first-order valence-electron chi connectivity index (χ1n) is 10.4. The van der Waals surface area contributed by atoms with E-state index in [9.17, 15) is 9.59 Å². The Hall–Kier alpha value is -3.15. The molecule has 0 bridgehead atoms. The van der Waals surface area contributed by atoms with Gasteiger partial charge in [0.15, 0.2) is 0 Å². The molecule has 1 fully saturated rings. The SMILES string of the molecule is CNC(=O)c1ccc(-c2nc3cc(C)ccn3c2CC2CCN(C(C)=O)C2)c(C)c1. The van der Waals surface area contributed by atoms with E-state index >= 15 is 0 Å². The number of hydrogen-bond donors (Lipinski definition) is 1. The first kappa shape index (κ1) is 20.1. The Kier molecular flexibility index (Phi) is 5.33. The highest BCUT2D eigenvalue weighted by Crippen LogP contribution is 2.32. The van der Waals surface area contributed by atoms with Crippen LogP contribution in [-0.4, -0.2) is 46.2 Å². The Morgan fingerprint density at radius 1 is 1.20 bits per heavy atom. The first-order valence-corrected chi connectivity index (χ1v) is 10.4. The fraction of sp³-hybridized carbons (Fsp3) is 0.375. The lowest BCUT2D eigenvalue weighted by atomic mass is 9.96. The second kappa shape index (κ2) is 7.94. The van der Waals surface area contributed by atoms with Crippen LogP contribution >= 0.6 is 0 Å². The van der Waals surface area contributed by atoms with Crippen molar-refractivity contribution in [3.8, 4) is 11.3 Å². The molecule has 1 saturated heterocycles. The fourth-order valence-electron chi connectivity index (χ4n) is 4.38. The number of hydrogen-bond acceptors (Lipinski definition) is 3. The third-order valence-electron chi connectivity index (χ3n) is 6.06. The van der Waals surface area contributed by atoms with Gasteiger partial charge >= 0.3 is 0 Å². The van der Waals surface area contributed by atoms with E-state index in [0.717, 1.165) is 54.1 Å². The lowest BCUT2D eigenvalue weighted by Gasteiger charge is -2.15. The van der Waals surface area contributed by atoms with Crippen molar-refractivity contribution >= 4 is 17.5 Å². The Bertz CT molecular complexity index is 1130. The smallest absolute Gasteiger partial charge is 0.251 e. The summed E-state index contributed by atoms with van der Waals surface area (Å²) in [4.78, 5) is 30.7. The summed E-state index contributed by atoms with van der Waals surface area (Å²) in [6, 6.07) is 9.96. The van der Waals surface area contributed by atoms with Gasteiger partial charge in [-0.1, -0.05) is 6.07 Å². The maximum atomic E-state index is 12.0. The van der Waals surface area contributed by atoms with E-state index in [0.29, 0.717) is 11.5 Å². The van der Waals surface area contributed by atoms with E-state index < -0.39 is 0 Å². The standard InChI is InChI=1S/C24H28N4O2/c1-15-7-10-28-21(13-18-8-9-27(14-18)17(3)29)23(26-22(28)11-15)20-6-5-19(12-16(20)2)24(30)25-4/h5-7,10-12,18H,8-9,13-14H2,1-4H3,(H,25,30). The van der Waals surface area contributed by atoms with Gasteiger partial charge in [-0.3, -0.25) is 9.59 Å². The number of carbonyl (C=O) groups excluding carboxylic acids is 2. The van der Waals surface area contributed by atoms with E-state index in [4.69, 9.17) is 4.98 Å². The van der Waals surface area contributed by atoms with Crippen molar-refractivity contribution in [2.75, 3.05) is 20.1 Å². The van der Waals surface area contributed by atoms with Crippen molar-refractivity contribution in [3.63, 3.8) is 0 Å². The number of nitrogens with zero attached hydrogens (tertiary/aromatic N) is 3. The monoisotopic (exact) mass is 404 g/mol. The molecule has 156 valence electrons. The van der Waals surface area contributed by atoms with Crippen LogP contribution in [0.5, 0.6) is 0 Å². The van der Waals surface area contributed by atoms with Gasteiger partial charge in [0.25, 0.3) is 5.91 Å². The van der Waals surface area contributed by atoms with Crippen molar-refractivity contribution in [3.05, 3.63) is 58.9 Å². The van der Waals surface area contributed by atoms with Gasteiger partial charge in [-0.25, -0.2) is 4.98 Å². The fourth-order valence-corrected chi connectivity index (χ4v) is 4.38. The summed E-state index contributed by atoms with van der Waals surface area (Å²) in [5, 5.41) is 2.68. The summed E-state index contributed by atoms with van der Waals surface area (Å²) in [6.45, 7) is 7.35. The summed E-state index contributed by atoms with van der Waals surface area (Å²) < 4.78 is 2.17. The predicted octanol–water partition coefficient (Wildman–Crippen LogP) is 3.39. The molecular formula is C24H28N4O2. The molecule has 1 aliphatic heterocycles. The van der Waals surface area contributed by atoms with E-state index in [1.807, 2.05) is 30.0 Å². The highest BCUT2D eigenvalue weighted by molar-refractivity contribution is 5.95. The van der Waals surface area contributed by atoms with Crippen LogP contribution in [0, 0.1) is 19.8 Å². The quantitative estimate of drug-likeness (QED) is 0.725. The lowest BCUT2D eigenvalue weighted by Crippen LogP contribution is -2.26. The normalized spacial score (nSPS) is 16.3. The van der Waals surface area contributed by atoms with Crippen LogP contribution in [0.1, 0.15) is 40.5 Å². The largest absolute Gasteiger partial charge is 0.355 e. The summed E-state index contributed by atoms with van der Waals surface area (Å²) in [6.07, 6.45) is 3.95. The van der Waals surface area contributed by atoms with Crippen LogP contribution in [0.3, 0.4) is 0 Å². The topological polar surface area (TPSA) is 66.7 Å².